The fraction of sp³-hybridized carbons (Fsp3) is 0. The largest absolute Gasteiger partial charge is 0.456 e. The molecule has 3 aromatic carbocycles. The van der Waals surface area contributed by atoms with Crippen molar-refractivity contribution < 1.29 is 13.9 Å². The Hall–Kier alpha value is -4.00. The second-order valence-corrected chi connectivity index (χ2v) is 5.95. The number of nitrogens with zero attached hydrogens (tertiary/aromatic N) is 4. The first kappa shape index (κ1) is 15.3. The predicted molar refractivity (Wildman–Crippen MR) is 97.8 cm³/mol. The van der Waals surface area contributed by atoms with Gasteiger partial charge in [-0.25, -0.2) is 9.48 Å². The Bertz CT molecular complexity index is 1260. The highest BCUT2D eigenvalue weighted by atomic mass is 16.5. The Morgan fingerprint density at radius 1 is 0.926 bits per heavy atom. The van der Waals surface area contributed by atoms with Crippen molar-refractivity contribution in [3.8, 4) is 11.4 Å². The Balaban J connectivity index is 1.42. The summed E-state index contributed by atoms with van der Waals surface area (Å²) in [6, 6.07) is 19.9. The van der Waals surface area contributed by atoms with E-state index in [1.807, 2.05) is 30.3 Å². The van der Waals surface area contributed by atoms with Crippen LogP contribution in [0.15, 0.2) is 77.5 Å². The lowest BCUT2D eigenvalue weighted by molar-refractivity contribution is 0.0735. The average Bonchev–Trinajstić information content (AvgIpc) is 3.36. The number of furan rings is 1. The summed E-state index contributed by atoms with van der Waals surface area (Å²) >= 11 is 0. The minimum atomic E-state index is -0.439. The van der Waals surface area contributed by atoms with E-state index in [2.05, 4.69) is 15.5 Å². The Morgan fingerprint density at radius 3 is 2.56 bits per heavy atom. The quantitative estimate of drug-likeness (QED) is 0.361. The Labute approximate surface area is 152 Å². The molecule has 0 aliphatic carbocycles. The second-order valence-electron chi connectivity index (χ2n) is 5.95. The van der Waals surface area contributed by atoms with Crippen LogP contribution in [0.5, 0.6) is 5.75 Å². The zero-order valence-electron chi connectivity index (χ0n) is 13.9. The molecule has 0 unspecified atom stereocenters. The van der Waals surface area contributed by atoms with Crippen LogP contribution in [0.25, 0.3) is 27.6 Å². The van der Waals surface area contributed by atoms with E-state index in [0.29, 0.717) is 11.3 Å². The van der Waals surface area contributed by atoms with E-state index < -0.39 is 5.97 Å². The third-order valence-corrected chi connectivity index (χ3v) is 4.28. The molecule has 0 saturated heterocycles. The molecule has 0 N–H and O–H groups in total. The zero-order chi connectivity index (χ0) is 18.2. The van der Waals surface area contributed by atoms with Gasteiger partial charge in [0.1, 0.15) is 23.2 Å². The molecule has 0 radical (unpaired) electrons. The standard InChI is InChI=1S/C20H12N4O3/c25-20(13-5-7-14(8-6-13)24-12-21-22-23-24)26-15-9-10-19-17(11-15)16-3-1-2-4-18(16)27-19/h1-12H. The van der Waals surface area contributed by atoms with Gasteiger partial charge in [0.05, 0.1) is 11.3 Å². The molecule has 0 atom stereocenters. The van der Waals surface area contributed by atoms with Gasteiger partial charge in [-0.3, -0.25) is 0 Å². The van der Waals surface area contributed by atoms with Crippen LogP contribution in [0.1, 0.15) is 10.4 Å². The first-order valence-corrected chi connectivity index (χ1v) is 8.25. The molecule has 5 aromatic rings. The second kappa shape index (κ2) is 6.06. The summed E-state index contributed by atoms with van der Waals surface area (Å²) in [5.74, 6) is 0.0222. The number of ether oxygens (including phenoxy) is 1. The zero-order valence-corrected chi connectivity index (χ0v) is 13.9. The molecular formula is C20H12N4O3. The van der Waals surface area contributed by atoms with Crippen molar-refractivity contribution >= 4 is 27.9 Å². The monoisotopic (exact) mass is 356 g/mol. The van der Waals surface area contributed by atoms with Crippen LogP contribution in [0, 0.1) is 0 Å². The van der Waals surface area contributed by atoms with Gasteiger partial charge in [0, 0.05) is 10.8 Å². The normalized spacial score (nSPS) is 11.1. The van der Waals surface area contributed by atoms with E-state index >= 15 is 0 Å². The highest BCUT2D eigenvalue weighted by Crippen LogP contribution is 2.31. The van der Waals surface area contributed by atoms with Crippen molar-refractivity contribution in [3.05, 3.63) is 78.6 Å². The number of fused-ring (bicyclic) bond motifs is 3. The number of benzene rings is 3. The molecule has 0 spiro atoms. The molecule has 2 heterocycles. The summed E-state index contributed by atoms with van der Waals surface area (Å²) in [5, 5.41) is 12.9. The molecule has 7 nitrogen and oxygen atoms in total. The van der Waals surface area contributed by atoms with Gasteiger partial charge < -0.3 is 9.15 Å². The van der Waals surface area contributed by atoms with Crippen LogP contribution < -0.4 is 4.74 Å². The fourth-order valence-corrected chi connectivity index (χ4v) is 2.96. The molecule has 2 aromatic heterocycles. The van der Waals surface area contributed by atoms with Gasteiger partial charge in [0.25, 0.3) is 0 Å². The maximum Gasteiger partial charge on any atom is 0.343 e. The summed E-state index contributed by atoms with van der Waals surface area (Å²) in [5.41, 5.74) is 2.74. The first-order chi connectivity index (χ1) is 13.3. The van der Waals surface area contributed by atoms with Crippen molar-refractivity contribution in [2.45, 2.75) is 0 Å². The van der Waals surface area contributed by atoms with Crippen LogP contribution >= 0.6 is 0 Å². The molecular weight excluding hydrogens is 344 g/mol. The predicted octanol–water partition coefficient (Wildman–Crippen LogP) is 3.78. The number of carbonyl (C=O) groups excluding carboxylic acids is 1. The maximum absolute atomic E-state index is 12.5. The first-order valence-electron chi connectivity index (χ1n) is 8.25. The minimum absolute atomic E-state index is 0.434. The van der Waals surface area contributed by atoms with Crippen molar-refractivity contribution in [1.29, 1.82) is 0 Å². The molecule has 7 heteroatoms. The van der Waals surface area contributed by atoms with E-state index in [1.54, 1.807) is 36.4 Å². The van der Waals surface area contributed by atoms with Gasteiger partial charge in [0.2, 0.25) is 0 Å². The van der Waals surface area contributed by atoms with E-state index in [-0.39, 0.29) is 0 Å². The molecule has 27 heavy (non-hydrogen) atoms. The number of tetrazole rings is 1. The van der Waals surface area contributed by atoms with Crippen molar-refractivity contribution in [3.63, 3.8) is 0 Å². The van der Waals surface area contributed by atoms with Crippen LogP contribution in [0.3, 0.4) is 0 Å². The van der Waals surface area contributed by atoms with Gasteiger partial charge in [-0.15, -0.1) is 5.10 Å². The third kappa shape index (κ3) is 2.71. The van der Waals surface area contributed by atoms with E-state index in [0.717, 1.165) is 27.6 Å². The molecule has 0 saturated carbocycles. The van der Waals surface area contributed by atoms with Crippen molar-refractivity contribution in [2.75, 3.05) is 0 Å². The fourth-order valence-electron chi connectivity index (χ4n) is 2.96. The van der Waals surface area contributed by atoms with Gasteiger partial charge in [-0.05, 0) is 59.0 Å². The highest BCUT2D eigenvalue weighted by molar-refractivity contribution is 6.05. The number of hydrogen-bond donors (Lipinski definition) is 0. The number of hydrogen-bond acceptors (Lipinski definition) is 6. The lowest BCUT2D eigenvalue weighted by Gasteiger charge is -2.05. The SMILES string of the molecule is O=C(Oc1ccc2oc3ccccc3c2c1)c1ccc(-n2cnnn2)cc1. The number of para-hydroxylation sites is 1. The molecule has 0 bridgehead atoms. The maximum atomic E-state index is 12.5. The number of esters is 1. The van der Waals surface area contributed by atoms with Gasteiger partial charge in [-0.2, -0.15) is 0 Å². The van der Waals surface area contributed by atoms with Crippen molar-refractivity contribution in [1.82, 2.24) is 20.2 Å². The van der Waals surface area contributed by atoms with Crippen LogP contribution in [0.2, 0.25) is 0 Å². The molecule has 0 fully saturated rings. The van der Waals surface area contributed by atoms with E-state index in [4.69, 9.17) is 9.15 Å². The third-order valence-electron chi connectivity index (χ3n) is 4.28. The van der Waals surface area contributed by atoms with Gasteiger partial charge >= 0.3 is 5.97 Å². The molecule has 130 valence electrons. The molecule has 0 aliphatic heterocycles. The summed E-state index contributed by atoms with van der Waals surface area (Å²) < 4.78 is 12.8. The molecule has 5 rings (SSSR count). The smallest absolute Gasteiger partial charge is 0.343 e. The number of aromatic nitrogens is 4. The highest BCUT2D eigenvalue weighted by Gasteiger charge is 2.12. The summed E-state index contributed by atoms with van der Waals surface area (Å²) in [4.78, 5) is 12.5. The van der Waals surface area contributed by atoms with E-state index in [9.17, 15) is 4.79 Å². The lowest BCUT2D eigenvalue weighted by Crippen LogP contribution is -2.08. The van der Waals surface area contributed by atoms with Crippen LogP contribution in [0.4, 0.5) is 0 Å². The Kier molecular flexibility index (Phi) is 3.43. The van der Waals surface area contributed by atoms with Crippen LogP contribution in [-0.4, -0.2) is 26.2 Å². The lowest BCUT2D eigenvalue weighted by atomic mass is 10.1. The molecule has 0 aliphatic rings. The molecule has 0 amide bonds. The summed E-state index contributed by atoms with van der Waals surface area (Å²) in [6.45, 7) is 0. The van der Waals surface area contributed by atoms with Gasteiger partial charge in [-0.1, -0.05) is 18.2 Å². The average molecular weight is 356 g/mol. The van der Waals surface area contributed by atoms with Gasteiger partial charge in [0.15, 0.2) is 0 Å². The van der Waals surface area contributed by atoms with E-state index in [1.165, 1.54) is 11.0 Å². The number of rotatable bonds is 3. The summed E-state index contributed by atoms with van der Waals surface area (Å²) in [6.07, 6.45) is 1.48. The Morgan fingerprint density at radius 2 is 1.74 bits per heavy atom. The van der Waals surface area contributed by atoms with Crippen LogP contribution in [-0.2, 0) is 0 Å². The van der Waals surface area contributed by atoms with Crippen molar-refractivity contribution in [2.24, 2.45) is 0 Å². The summed E-state index contributed by atoms with van der Waals surface area (Å²) in [7, 11) is 0. The number of carbonyl (C=O) groups is 1. The topological polar surface area (TPSA) is 83.0 Å². The minimum Gasteiger partial charge on any atom is -0.456 e.